The number of carbonyl (C=O) groups is 1. The van der Waals surface area contributed by atoms with Gasteiger partial charge in [0.05, 0.1) is 0 Å². The van der Waals surface area contributed by atoms with Crippen molar-refractivity contribution in [1.82, 2.24) is 4.90 Å². The van der Waals surface area contributed by atoms with Crippen LogP contribution in [0, 0.1) is 6.92 Å². The minimum absolute atomic E-state index is 0.0369. The van der Waals surface area contributed by atoms with E-state index >= 15 is 0 Å². The first-order valence-electron chi connectivity index (χ1n) is 5.81. The molecule has 0 atom stereocenters. The van der Waals surface area contributed by atoms with Crippen molar-refractivity contribution in [1.29, 1.82) is 0 Å². The number of carbonyl (C=O) groups excluding carboxylic acids is 1. The highest BCUT2D eigenvalue weighted by molar-refractivity contribution is 5.86. The van der Waals surface area contributed by atoms with Gasteiger partial charge in [-0.2, -0.15) is 0 Å². The van der Waals surface area contributed by atoms with Gasteiger partial charge in [0.15, 0.2) is 0 Å². The van der Waals surface area contributed by atoms with Crippen molar-refractivity contribution in [3.63, 3.8) is 0 Å². The van der Waals surface area contributed by atoms with E-state index in [0.717, 1.165) is 0 Å². The number of benzene rings is 1. The van der Waals surface area contributed by atoms with Gasteiger partial charge in [-0.05, 0) is 18.6 Å². The van der Waals surface area contributed by atoms with Crippen LogP contribution in [0.3, 0.4) is 0 Å². The van der Waals surface area contributed by atoms with E-state index in [2.05, 4.69) is 51.6 Å². The molecule has 2 heteroatoms. The van der Waals surface area contributed by atoms with Crippen molar-refractivity contribution >= 4 is 5.91 Å². The van der Waals surface area contributed by atoms with Gasteiger partial charge in [-0.25, -0.2) is 0 Å². The molecule has 0 fully saturated rings. The fourth-order valence-electron chi connectivity index (χ4n) is 1.92. The molecule has 0 radical (unpaired) electrons. The van der Waals surface area contributed by atoms with Gasteiger partial charge in [0.25, 0.3) is 0 Å². The summed E-state index contributed by atoms with van der Waals surface area (Å²) >= 11 is 0. The van der Waals surface area contributed by atoms with Crippen molar-refractivity contribution in [2.45, 2.75) is 26.2 Å². The Bertz CT molecular complexity index is 403. The summed E-state index contributed by atoms with van der Waals surface area (Å²) in [4.78, 5) is 13.2. The zero-order chi connectivity index (χ0) is 13.1. The standard InChI is InChI=1S/C15H21NO/c1-6-14(17)16(5)11-15(3,4)13-9-7-12(2)8-10-13/h6-10H,1,11H2,2-5H3. The number of likely N-dealkylation sites (N-methyl/N-ethyl adjacent to an activating group) is 1. The second-order valence-electron chi connectivity index (χ2n) is 5.15. The molecule has 1 amide bonds. The Balaban J connectivity index is 2.84. The first-order chi connectivity index (χ1) is 7.86. The highest BCUT2D eigenvalue weighted by Gasteiger charge is 2.23. The van der Waals surface area contributed by atoms with Crippen molar-refractivity contribution in [2.75, 3.05) is 13.6 Å². The van der Waals surface area contributed by atoms with Crippen LogP contribution in [-0.2, 0) is 10.2 Å². The summed E-state index contributed by atoms with van der Waals surface area (Å²) in [5.41, 5.74) is 2.44. The van der Waals surface area contributed by atoms with Crippen LogP contribution in [0.2, 0.25) is 0 Å². The monoisotopic (exact) mass is 231 g/mol. The predicted molar refractivity (Wildman–Crippen MR) is 72.0 cm³/mol. The van der Waals surface area contributed by atoms with Gasteiger partial charge < -0.3 is 4.90 Å². The lowest BCUT2D eigenvalue weighted by Gasteiger charge is -2.30. The molecule has 1 aromatic carbocycles. The molecule has 0 spiro atoms. The molecule has 0 N–H and O–H groups in total. The van der Waals surface area contributed by atoms with Crippen LogP contribution in [0.4, 0.5) is 0 Å². The predicted octanol–water partition coefficient (Wildman–Crippen LogP) is 2.92. The van der Waals surface area contributed by atoms with Crippen LogP contribution >= 0.6 is 0 Å². The van der Waals surface area contributed by atoms with Gasteiger partial charge in [-0.15, -0.1) is 0 Å². The minimum atomic E-state index is -0.0544. The van der Waals surface area contributed by atoms with Gasteiger partial charge in [0, 0.05) is 19.0 Å². The first kappa shape index (κ1) is 13.5. The van der Waals surface area contributed by atoms with E-state index in [4.69, 9.17) is 0 Å². The fourth-order valence-corrected chi connectivity index (χ4v) is 1.92. The second-order valence-corrected chi connectivity index (χ2v) is 5.15. The Labute approximate surface area is 104 Å². The van der Waals surface area contributed by atoms with Crippen LogP contribution in [-0.4, -0.2) is 24.4 Å². The molecule has 17 heavy (non-hydrogen) atoms. The number of rotatable bonds is 4. The van der Waals surface area contributed by atoms with Crippen molar-refractivity contribution < 1.29 is 4.79 Å². The molecule has 0 aliphatic rings. The molecule has 0 unspecified atom stereocenters. The maximum Gasteiger partial charge on any atom is 0.245 e. The van der Waals surface area contributed by atoms with Crippen LogP contribution in [0.1, 0.15) is 25.0 Å². The Morgan fingerprint density at radius 3 is 2.35 bits per heavy atom. The molecule has 0 saturated heterocycles. The number of nitrogens with zero attached hydrogens (tertiary/aromatic N) is 1. The van der Waals surface area contributed by atoms with Gasteiger partial charge >= 0.3 is 0 Å². The molecule has 0 bridgehead atoms. The summed E-state index contributed by atoms with van der Waals surface area (Å²) in [5, 5.41) is 0. The third kappa shape index (κ3) is 3.45. The summed E-state index contributed by atoms with van der Waals surface area (Å²) in [6.45, 7) is 10.5. The highest BCUT2D eigenvalue weighted by Crippen LogP contribution is 2.24. The van der Waals surface area contributed by atoms with Crippen molar-refractivity contribution in [3.05, 3.63) is 48.0 Å². The van der Waals surface area contributed by atoms with E-state index in [0.29, 0.717) is 6.54 Å². The average molecular weight is 231 g/mol. The Hall–Kier alpha value is -1.57. The number of amides is 1. The second kappa shape index (κ2) is 5.17. The lowest BCUT2D eigenvalue weighted by molar-refractivity contribution is -0.125. The molecular weight excluding hydrogens is 210 g/mol. The zero-order valence-electron chi connectivity index (χ0n) is 11.2. The summed E-state index contributed by atoms with van der Waals surface area (Å²) in [5.74, 6) is -0.0369. The van der Waals surface area contributed by atoms with Crippen LogP contribution in [0.15, 0.2) is 36.9 Å². The topological polar surface area (TPSA) is 20.3 Å². The molecule has 2 nitrogen and oxygen atoms in total. The minimum Gasteiger partial charge on any atom is -0.341 e. The number of hydrogen-bond acceptors (Lipinski definition) is 1. The van der Waals surface area contributed by atoms with Crippen LogP contribution in [0.25, 0.3) is 0 Å². The molecular formula is C15H21NO. The molecule has 0 heterocycles. The molecule has 1 aromatic rings. The summed E-state index contributed by atoms with van der Waals surface area (Å²) in [7, 11) is 1.81. The molecule has 0 aromatic heterocycles. The van der Waals surface area contributed by atoms with Crippen LogP contribution < -0.4 is 0 Å². The Morgan fingerprint density at radius 2 is 1.88 bits per heavy atom. The average Bonchev–Trinajstić information content (AvgIpc) is 2.27. The molecule has 0 saturated carbocycles. The lowest BCUT2D eigenvalue weighted by atomic mass is 9.84. The maximum atomic E-state index is 11.5. The highest BCUT2D eigenvalue weighted by atomic mass is 16.2. The van der Waals surface area contributed by atoms with Gasteiger partial charge in [-0.3, -0.25) is 4.79 Å². The molecule has 0 aliphatic carbocycles. The van der Waals surface area contributed by atoms with Crippen LogP contribution in [0.5, 0.6) is 0 Å². The molecule has 0 aliphatic heterocycles. The lowest BCUT2D eigenvalue weighted by Crippen LogP contribution is -2.37. The van der Waals surface area contributed by atoms with Crippen molar-refractivity contribution in [3.8, 4) is 0 Å². The van der Waals surface area contributed by atoms with E-state index in [9.17, 15) is 4.79 Å². The normalized spacial score (nSPS) is 11.1. The smallest absolute Gasteiger partial charge is 0.245 e. The van der Waals surface area contributed by atoms with Gasteiger partial charge in [0.1, 0.15) is 0 Å². The van der Waals surface area contributed by atoms with E-state index in [1.165, 1.54) is 17.2 Å². The van der Waals surface area contributed by atoms with Gasteiger partial charge in [-0.1, -0.05) is 50.3 Å². The van der Waals surface area contributed by atoms with E-state index < -0.39 is 0 Å². The van der Waals surface area contributed by atoms with Gasteiger partial charge in [0.2, 0.25) is 5.91 Å². The fraction of sp³-hybridized carbons (Fsp3) is 0.400. The quantitative estimate of drug-likeness (QED) is 0.730. The third-order valence-electron chi connectivity index (χ3n) is 3.02. The zero-order valence-corrected chi connectivity index (χ0v) is 11.2. The Morgan fingerprint density at radius 1 is 1.35 bits per heavy atom. The maximum absolute atomic E-state index is 11.5. The van der Waals surface area contributed by atoms with E-state index in [1.54, 1.807) is 11.9 Å². The molecule has 1 rings (SSSR count). The summed E-state index contributed by atoms with van der Waals surface area (Å²) in [6, 6.07) is 8.46. The number of hydrogen-bond donors (Lipinski definition) is 0. The van der Waals surface area contributed by atoms with Crippen molar-refractivity contribution in [2.24, 2.45) is 0 Å². The van der Waals surface area contributed by atoms with E-state index in [-0.39, 0.29) is 11.3 Å². The SMILES string of the molecule is C=CC(=O)N(C)CC(C)(C)c1ccc(C)cc1. The molecule has 92 valence electrons. The first-order valence-corrected chi connectivity index (χ1v) is 5.81. The largest absolute Gasteiger partial charge is 0.341 e. The number of aryl methyl sites for hydroxylation is 1. The van der Waals surface area contributed by atoms with E-state index in [1.807, 2.05) is 0 Å². The summed E-state index contributed by atoms with van der Waals surface area (Å²) in [6.07, 6.45) is 1.35. The third-order valence-corrected chi connectivity index (χ3v) is 3.02. The summed E-state index contributed by atoms with van der Waals surface area (Å²) < 4.78 is 0. The Kier molecular flexibility index (Phi) is 4.11.